The van der Waals surface area contributed by atoms with Crippen LogP contribution >= 0.6 is 0 Å². The molecule has 0 aliphatic heterocycles. The minimum absolute atomic E-state index is 0.00205. The molecule has 3 nitrogen and oxygen atoms in total. The lowest BCUT2D eigenvalue weighted by atomic mass is 10.0. The zero-order valence-electron chi connectivity index (χ0n) is 12.1. The van der Waals surface area contributed by atoms with E-state index in [1.54, 1.807) is 12.1 Å². The van der Waals surface area contributed by atoms with Crippen LogP contribution in [-0.4, -0.2) is 23.8 Å². The molecule has 3 N–H and O–H groups in total. The van der Waals surface area contributed by atoms with Crippen LogP contribution in [0, 0.1) is 0 Å². The SMILES string of the molecule is CCNC.OCc1ccc(O)c(Cc2ccccc2)c1. The van der Waals surface area contributed by atoms with E-state index in [-0.39, 0.29) is 12.4 Å². The largest absolute Gasteiger partial charge is 0.508 e. The minimum atomic E-state index is 0.00205. The maximum atomic E-state index is 9.71. The van der Waals surface area contributed by atoms with Crippen molar-refractivity contribution in [2.24, 2.45) is 0 Å². The van der Waals surface area contributed by atoms with E-state index in [1.165, 1.54) is 0 Å². The molecule has 0 fully saturated rings. The van der Waals surface area contributed by atoms with Crippen molar-refractivity contribution in [3.63, 3.8) is 0 Å². The number of phenolic OH excluding ortho intramolecular Hbond substituents is 1. The molecule has 0 radical (unpaired) electrons. The number of rotatable bonds is 4. The zero-order valence-corrected chi connectivity index (χ0v) is 12.1. The lowest BCUT2D eigenvalue weighted by Crippen LogP contribution is -2.01. The smallest absolute Gasteiger partial charge is 0.119 e. The molecule has 0 aromatic heterocycles. The van der Waals surface area contributed by atoms with Crippen molar-refractivity contribution in [3.05, 3.63) is 65.2 Å². The minimum Gasteiger partial charge on any atom is -0.508 e. The number of hydrogen-bond acceptors (Lipinski definition) is 3. The van der Waals surface area contributed by atoms with Crippen LogP contribution in [0.1, 0.15) is 23.6 Å². The van der Waals surface area contributed by atoms with Crippen molar-refractivity contribution in [3.8, 4) is 5.75 Å². The third-order valence-corrected chi connectivity index (χ3v) is 2.92. The highest BCUT2D eigenvalue weighted by molar-refractivity contribution is 5.39. The lowest BCUT2D eigenvalue weighted by molar-refractivity contribution is 0.281. The molecule has 20 heavy (non-hydrogen) atoms. The Balaban J connectivity index is 0.000000444. The monoisotopic (exact) mass is 273 g/mol. The van der Waals surface area contributed by atoms with Gasteiger partial charge in [0.05, 0.1) is 6.61 Å². The first-order valence-corrected chi connectivity index (χ1v) is 6.81. The summed E-state index contributed by atoms with van der Waals surface area (Å²) < 4.78 is 0. The number of aliphatic hydroxyl groups excluding tert-OH is 1. The number of phenols is 1. The Morgan fingerprint density at radius 3 is 2.20 bits per heavy atom. The summed E-state index contributed by atoms with van der Waals surface area (Å²) in [6, 6.07) is 15.1. The van der Waals surface area contributed by atoms with E-state index in [0.29, 0.717) is 6.42 Å². The first-order valence-electron chi connectivity index (χ1n) is 6.81. The van der Waals surface area contributed by atoms with Gasteiger partial charge >= 0.3 is 0 Å². The zero-order chi connectivity index (χ0) is 14.8. The molecule has 0 amide bonds. The topological polar surface area (TPSA) is 52.5 Å². The summed E-state index contributed by atoms with van der Waals surface area (Å²) in [6.45, 7) is 3.14. The van der Waals surface area contributed by atoms with Gasteiger partial charge in [-0.05, 0) is 42.4 Å². The number of nitrogens with one attached hydrogen (secondary N) is 1. The molecule has 2 aromatic rings. The van der Waals surface area contributed by atoms with Gasteiger partial charge in [0.15, 0.2) is 0 Å². The summed E-state index contributed by atoms with van der Waals surface area (Å²) in [7, 11) is 1.93. The second-order valence-electron chi connectivity index (χ2n) is 4.49. The van der Waals surface area contributed by atoms with Crippen LogP contribution in [0.3, 0.4) is 0 Å². The van der Waals surface area contributed by atoms with Gasteiger partial charge in [-0.25, -0.2) is 0 Å². The highest BCUT2D eigenvalue weighted by atomic mass is 16.3. The van der Waals surface area contributed by atoms with Crippen molar-refractivity contribution in [2.45, 2.75) is 20.0 Å². The van der Waals surface area contributed by atoms with Crippen LogP contribution in [0.5, 0.6) is 5.75 Å². The van der Waals surface area contributed by atoms with Gasteiger partial charge in [-0.1, -0.05) is 43.3 Å². The van der Waals surface area contributed by atoms with Gasteiger partial charge in [0.1, 0.15) is 5.75 Å². The third-order valence-electron chi connectivity index (χ3n) is 2.92. The van der Waals surface area contributed by atoms with Crippen molar-refractivity contribution in [2.75, 3.05) is 13.6 Å². The van der Waals surface area contributed by atoms with Gasteiger partial charge in [-0.15, -0.1) is 0 Å². The summed E-state index contributed by atoms with van der Waals surface area (Å²) in [5.74, 6) is 0.279. The number of aliphatic hydroxyl groups is 1. The van der Waals surface area contributed by atoms with Crippen molar-refractivity contribution >= 4 is 0 Å². The van der Waals surface area contributed by atoms with Crippen LogP contribution in [0.25, 0.3) is 0 Å². The molecular formula is C17H23NO2. The quantitative estimate of drug-likeness (QED) is 0.803. The number of hydrogen-bond donors (Lipinski definition) is 3. The fourth-order valence-electron chi connectivity index (χ4n) is 1.69. The van der Waals surface area contributed by atoms with Crippen LogP contribution in [0.2, 0.25) is 0 Å². The molecule has 2 rings (SSSR count). The van der Waals surface area contributed by atoms with Crippen molar-refractivity contribution < 1.29 is 10.2 Å². The third kappa shape index (κ3) is 5.43. The molecule has 0 aliphatic carbocycles. The maximum Gasteiger partial charge on any atom is 0.119 e. The fourth-order valence-corrected chi connectivity index (χ4v) is 1.69. The Morgan fingerprint density at radius 2 is 1.65 bits per heavy atom. The van der Waals surface area contributed by atoms with E-state index in [9.17, 15) is 5.11 Å². The molecule has 0 aliphatic rings. The Kier molecular flexibility index (Phi) is 7.40. The Labute approximate surface area is 120 Å². The average molecular weight is 273 g/mol. The van der Waals surface area contributed by atoms with Gasteiger partial charge in [-0.3, -0.25) is 0 Å². The molecule has 2 aromatic carbocycles. The molecule has 0 spiro atoms. The highest BCUT2D eigenvalue weighted by Gasteiger charge is 2.03. The van der Waals surface area contributed by atoms with Crippen molar-refractivity contribution in [1.82, 2.24) is 5.32 Å². The van der Waals surface area contributed by atoms with E-state index in [2.05, 4.69) is 12.2 Å². The Bertz CT molecular complexity index is 496. The first-order chi connectivity index (χ1) is 9.71. The first kappa shape index (κ1) is 16.2. The molecule has 0 bridgehead atoms. The summed E-state index contributed by atoms with van der Waals surface area (Å²) >= 11 is 0. The van der Waals surface area contributed by atoms with Gasteiger partial charge in [0, 0.05) is 6.42 Å². The molecule has 0 heterocycles. The highest BCUT2D eigenvalue weighted by Crippen LogP contribution is 2.21. The molecular weight excluding hydrogens is 250 g/mol. The van der Waals surface area contributed by atoms with Crippen LogP contribution in [-0.2, 0) is 13.0 Å². The van der Waals surface area contributed by atoms with Gasteiger partial charge < -0.3 is 15.5 Å². The molecule has 3 heteroatoms. The average Bonchev–Trinajstić information content (AvgIpc) is 2.51. The molecule has 0 saturated heterocycles. The Morgan fingerprint density at radius 1 is 1.00 bits per heavy atom. The van der Waals surface area contributed by atoms with E-state index >= 15 is 0 Å². The van der Waals surface area contributed by atoms with Gasteiger partial charge in [0.2, 0.25) is 0 Å². The predicted octanol–water partition coefficient (Wildman–Crippen LogP) is 2.70. The number of benzene rings is 2. The van der Waals surface area contributed by atoms with Crippen LogP contribution < -0.4 is 5.32 Å². The molecule has 108 valence electrons. The van der Waals surface area contributed by atoms with E-state index in [0.717, 1.165) is 23.2 Å². The normalized spacial score (nSPS) is 9.75. The van der Waals surface area contributed by atoms with Crippen LogP contribution in [0.4, 0.5) is 0 Å². The predicted molar refractivity (Wildman–Crippen MR) is 82.9 cm³/mol. The fraction of sp³-hybridized carbons (Fsp3) is 0.294. The summed E-state index contributed by atoms with van der Waals surface area (Å²) in [5, 5.41) is 21.7. The molecule has 0 atom stereocenters. The Hall–Kier alpha value is -1.84. The van der Waals surface area contributed by atoms with Gasteiger partial charge in [-0.2, -0.15) is 0 Å². The summed E-state index contributed by atoms with van der Waals surface area (Å²) in [4.78, 5) is 0. The maximum absolute atomic E-state index is 9.71. The molecule has 0 saturated carbocycles. The van der Waals surface area contributed by atoms with Gasteiger partial charge in [0.25, 0.3) is 0 Å². The lowest BCUT2D eigenvalue weighted by Gasteiger charge is -2.06. The second-order valence-corrected chi connectivity index (χ2v) is 4.49. The van der Waals surface area contributed by atoms with Crippen LogP contribution in [0.15, 0.2) is 48.5 Å². The summed E-state index contributed by atoms with van der Waals surface area (Å²) in [5.41, 5.74) is 2.81. The second kappa shape index (κ2) is 9.13. The van der Waals surface area contributed by atoms with E-state index in [1.807, 2.05) is 43.4 Å². The van der Waals surface area contributed by atoms with Crippen molar-refractivity contribution in [1.29, 1.82) is 0 Å². The standard InChI is InChI=1S/C14H14O2.C3H9N/c15-10-12-6-7-14(16)13(9-12)8-11-4-2-1-3-5-11;1-3-4-2/h1-7,9,15-16H,8,10H2;4H,3H2,1-2H3. The number of aromatic hydroxyl groups is 1. The molecule has 0 unspecified atom stereocenters. The van der Waals surface area contributed by atoms with E-state index in [4.69, 9.17) is 5.11 Å². The summed E-state index contributed by atoms with van der Waals surface area (Å²) in [6.07, 6.45) is 0.681. The van der Waals surface area contributed by atoms with E-state index < -0.39 is 0 Å².